The van der Waals surface area contributed by atoms with Crippen molar-refractivity contribution in [3.05, 3.63) is 11.6 Å². The lowest BCUT2D eigenvalue weighted by molar-refractivity contribution is -0.115. The van der Waals surface area contributed by atoms with Crippen molar-refractivity contribution in [2.24, 2.45) is 5.73 Å². The fourth-order valence-electron chi connectivity index (χ4n) is 0.416. The van der Waals surface area contributed by atoms with Crippen LogP contribution in [-0.4, -0.2) is 11.8 Å². The van der Waals surface area contributed by atoms with Gasteiger partial charge in [0.05, 0.1) is 6.04 Å². The highest BCUT2D eigenvalue weighted by atomic mass is 16.1. The van der Waals surface area contributed by atoms with Gasteiger partial charge in [0.1, 0.15) is 0 Å². The number of hydrogen-bond acceptors (Lipinski definition) is 2. The first-order valence-corrected chi connectivity index (χ1v) is 2.98. The second-order valence-electron chi connectivity index (χ2n) is 2.41. The standard InChI is InChI=1S/C7H13NO/c1-5(2)4-7(9)6(3)8/h4,6H,8H2,1-3H3. The maximum Gasteiger partial charge on any atom is 0.171 e. The van der Waals surface area contributed by atoms with Crippen molar-refractivity contribution in [2.75, 3.05) is 0 Å². The topological polar surface area (TPSA) is 43.1 Å². The van der Waals surface area contributed by atoms with E-state index in [1.807, 2.05) is 13.8 Å². The molecule has 0 aliphatic rings. The highest BCUT2D eigenvalue weighted by Crippen LogP contribution is 1.90. The summed E-state index contributed by atoms with van der Waals surface area (Å²) < 4.78 is 0. The molecule has 0 heterocycles. The number of carbonyl (C=O) groups is 1. The highest BCUT2D eigenvalue weighted by molar-refractivity contribution is 5.94. The Hall–Kier alpha value is -0.630. The van der Waals surface area contributed by atoms with Gasteiger partial charge in [-0.3, -0.25) is 4.79 Å². The maximum atomic E-state index is 10.8. The van der Waals surface area contributed by atoms with Gasteiger partial charge in [0, 0.05) is 0 Å². The summed E-state index contributed by atoms with van der Waals surface area (Å²) in [6, 6.07) is -0.361. The second-order valence-corrected chi connectivity index (χ2v) is 2.41. The molecular weight excluding hydrogens is 114 g/mol. The Bertz CT molecular complexity index is 132. The summed E-state index contributed by atoms with van der Waals surface area (Å²) in [4.78, 5) is 10.8. The van der Waals surface area contributed by atoms with Crippen LogP contribution < -0.4 is 5.73 Å². The van der Waals surface area contributed by atoms with E-state index in [0.29, 0.717) is 0 Å². The summed E-state index contributed by atoms with van der Waals surface area (Å²) in [7, 11) is 0. The third-order valence-corrected chi connectivity index (χ3v) is 0.880. The summed E-state index contributed by atoms with van der Waals surface area (Å²) >= 11 is 0. The maximum absolute atomic E-state index is 10.8. The minimum atomic E-state index is -0.361. The van der Waals surface area contributed by atoms with Gasteiger partial charge >= 0.3 is 0 Å². The van der Waals surface area contributed by atoms with Crippen LogP contribution in [0.25, 0.3) is 0 Å². The average molecular weight is 127 g/mol. The third-order valence-electron chi connectivity index (χ3n) is 0.880. The van der Waals surface area contributed by atoms with Crippen molar-refractivity contribution >= 4 is 5.78 Å². The molecule has 0 rings (SSSR count). The lowest BCUT2D eigenvalue weighted by atomic mass is 10.2. The van der Waals surface area contributed by atoms with Gasteiger partial charge < -0.3 is 5.73 Å². The minimum Gasteiger partial charge on any atom is -0.321 e. The Morgan fingerprint density at radius 2 is 2.00 bits per heavy atom. The second kappa shape index (κ2) is 3.41. The molecule has 2 nitrogen and oxygen atoms in total. The van der Waals surface area contributed by atoms with Crippen LogP contribution in [0.15, 0.2) is 11.6 Å². The van der Waals surface area contributed by atoms with Crippen molar-refractivity contribution in [3.63, 3.8) is 0 Å². The molecule has 2 heteroatoms. The molecule has 1 unspecified atom stereocenters. The van der Waals surface area contributed by atoms with Crippen molar-refractivity contribution in [3.8, 4) is 0 Å². The largest absolute Gasteiger partial charge is 0.321 e. The fraction of sp³-hybridized carbons (Fsp3) is 0.571. The number of nitrogens with two attached hydrogens (primary N) is 1. The Morgan fingerprint density at radius 3 is 2.11 bits per heavy atom. The van der Waals surface area contributed by atoms with Crippen LogP contribution in [0.1, 0.15) is 20.8 Å². The van der Waals surface area contributed by atoms with Gasteiger partial charge in [-0.25, -0.2) is 0 Å². The first kappa shape index (κ1) is 8.37. The molecule has 1 atom stereocenters. The average Bonchev–Trinajstić information content (AvgIpc) is 1.63. The third kappa shape index (κ3) is 3.91. The molecule has 2 N–H and O–H groups in total. The Morgan fingerprint density at radius 1 is 1.56 bits per heavy atom. The predicted molar refractivity (Wildman–Crippen MR) is 38.1 cm³/mol. The minimum absolute atomic E-state index is 0.00463. The quantitative estimate of drug-likeness (QED) is 0.559. The molecule has 0 radical (unpaired) electrons. The molecule has 0 spiro atoms. The monoisotopic (exact) mass is 127 g/mol. The number of allylic oxidation sites excluding steroid dienone is 1. The number of hydrogen-bond donors (Lipinski definition) is 1. The van der Waals surface area contributed by atoms with Crippen LogP contribution in [0.4, 0.5) is 0 Å². The van der Waals surface area contributed by atoms with Gasteiger partial charge in [0.2, 0.25) is 0 Å². The molecule has 0 aromatic heterocycles. The van der Waals surface area contributed by atoms with Crippen molar-refractivity contribution < 1.29 is 4.79 Å². The van der Waals surface area contributed by atoms with Crippen LogP contribution in [0.3, 0.4) is 0 Å². The van der Waals surface area contributed by atoms with Gasteiger partial charge in [0.15, 0.2) is 5.78 Å². The SMILES string of the molecule is CC(C)=CC(=O)C(C)N. The molecule has 0 aliphatic heterocycles. The zero-order valence-corrected chi connectivity index (χ0v) is 6.14. The summed E-state index contributed by atoms with van der Waals surface area (Å²) in [6.07, 6.45) is 1.56. The molecule has 0 amide bonds. The number of rotatable bonds is 2. The van der Waals surface area contributed by atoms with E-state index in [2.05, 4.69) is 0 Å². The van der Waals surface area contributed by atoms with Crippen LogP contribution >= 0.6 is 0 Å². The van der Waals surface area contributed by atoms with Crippen molar-refractivity contribution in [2.45, 2.75) is 26.8 Å². The molecule has 0 fully saturated rings. The van der Waals surface area contributed by atoms with E-state index in [1.54, 1.807) is 13.0 Å². The molecule has 9 heavy (non-hydrogen) atoms. The Kier molecular flexibility index (Phi) is 3.17. The zero-order chi connectivity index (χ0) is 7.44. The molecule has 0 bridgehead atoms. The van der Waals surface area contributed by atoms with Gasteiger partial charge in [-0.15, -0.1) is 0 Å². The molecule has 52 valence electrons. The van der Waals surface area contributed by atoms with Crippen LogP contribution in [0.2, 0.25) is 0 Å². The van der Waals surface area contributed by atoms with Gasteiger partial charge in [-0.1, -0.05) is 5.57 Å². The number of carbonyl (C=O) groups excluding carboxylic acids is 1. The smallest absolute Gasteiger partial charge is 0.171 e. The molecule has 0 aromatic carbocycles. The van der Waals surface area contributed by atoms with Crippen molar-refractivity contribution in [1.82, 2.24) is 0 Å². The lowest BCUT2D eigenvalue weighted by Gasteiger charge is -1.97. The van der Waals surface area contributed by atoms with E-state index >= 15 is 0 Å². The van der Waals surface area contributed by atoms with Crippen LogP contribution in [-0.2, 0) is 4.79 Å². The molecule has 0 aromatic rings. The Balaban J connectivity index is 3.93. The summed E-state index contributed by atoms with van der Waals surface area (Å²) in [6.45, 7) is 5.43. The molecule has 0 aliphatic carbocycles. The van der Waals surface area contributed by atoms with E-state index in [-0.39, 0.29) is 11.8 Å². The first-order chi connectivity index (χ1) is 4.04. The summed E-state index contributed by atoms with van der Waals surface area (Å²) in [5, 5.41) is 0. The normalized spacial score (nSPS) is 12.4. The predicted octanol–water partition coefficient (Wildman–Crippen LogP) is 0.869. The van der Waals surface area contributed by atoms with E-state index < -0.39 is 0 Å². The summed E-state index contributed by atoms with van der Waals surface area (Å²) in [5.74, 6) is -0.00463. The van der Waals surface area contributed by atoms with Crippen LogP contribution in [0, 0.1) is 0 Å². The molecular formula is C7H13NO. The van der Waals surface area contributed by atoms with Crippen molar-refractivity contribution in [1.29, 1.82) is 0 Å². The molecule has 0 saturated carbocycles. The Labute approximate surface area is 55.7 Å². The zero-order valence-electron chi connectivity index (χ0n) is 6.14. The van der Waals surface area contributed by atoms with Gasteiger partial charge in [0.25, 0.3) is 0 Å². The fourth-order valence-corrected chi connectivity index (χ4v) is 0.416. The lowest BCUT2D eigenvalue weighted by Crippen LogP contribution is -2.24. The van der Waals surface area contributed by atoms with E-state index in [0.717, 1.165) is 5.57 Å². The van der Waals surface area contributed by atoms with Gasteiger partial charge in [-0.2, -0.15) is 0 Å². The van der Waals surface area contributed by atoms with E-state index in [4.69, 9.17) is 5.73 Å². The summed E-state index contributed by atoms with van der Waals surface area (Å²) in [5.41, 5.74) is 6.29. The van der Waals surface area contributed by atoms with E-state index in [9.17, 15) is 4.79 Å². The highest BCUT2D eigenvalue weighted by Gasteiger charge is 2.01. The van der Waals surface area contributed by atoms with Crippen LogP contribution in [0.5, 0.6) is 0 Å². The number of ketones is 1. The molecule has 0 saturated heterocycles. The van der Waals surface area contributed by atoms with E-state index in [1.165, 1.54) is 0 Å². The first-order valence-electron chi connectivity index (χ1n) is 2.98. The van der Waals surface area contributed by atoms with Gasteiger partial charge in [-0.05, 0) is 26.8 Å².